The minimum absolute atomic E-state index is 0.0256. The monoisotopic (exact) mass is 209 g/mol. The molecule has 15 heavy (non-hydrogen) atoms. The zero-order chi connectivity index (χ0) is 10.7. The molecule has 2 heterocycles. The van der Waals surface area contributed by atoms with Gasteiger partial charge in [-0.3, -0.25) is 9.78 Å². The van der Waals surface area contributed by atoms with Crippen LogP contribution in [0, 0.1) is 0 Å². The maximum Gasteiger partial charge on any atom is 0.342 e. The van der Waals surface area contributed by atoms with Gasteiger partial charge < -0.3 is 9.84 Å². The van der Waals surface area contributed by atoms with Crippen LogP contribution in [0.3, 0.4) is 0 Å². The lowest BCUT2D eigenvalue weighted by atomic mass is 10.4. The van der Waals surface area contributed by atoms with Crippen LogP contribution in [0.2, 0.25) is 0 Å². The Labute approximate surface area is 82.3 Å². The molecule has 0 aliphatic heterocycles. The van der Waals surface area contributed by atoms with Crippen LogP contribution in [0.25, 0.3) is 0 Å². The second-order valence-corrected chi connectivity index (χ2v) is 2.70. The predicted molar refractivity (Wildman–Crippen MR) is 49.3 cm³/mol. The summed E-state index contributed by atoms with van der Waals surface area (Å²) in [5, 5.41) is 12.0. The van der Waals surface area contributed by atoms with Crippen molar-refractivity contribution in [2.75, 3.05) is 5.32 Å². The first-order valence-corrected chi connectivity index (χ1v) is 4.08. The Morgan fingerprint density at radius 2 is 2.33 bits per heavy atom. The van der Waals surface area contributed by atoms with Crippen molar-refractivity contribution in [2.45, 2.75) is 6.54 Å². The largest absolute Gasteiger partial charge is 0.364 e. The molecule has 2 rings (SSSR count). The first-order chi connectivity index (χ1) is 7.25. The van der Waals surface area contributed by atoms with Crippen molar-refractivity contribution in [1.29, 1.82) is 0 Å². The summed E-state index contributed by atoms with van der Waals surface area (Å²) in [5.41, 5.74) is -0.600. The van der Waals surface area contributed by atoms with Gasteiger partial charge in [0.25, 0.3) is 5.56 Å². The summed E-state index contributed by atoms with van der Waals surface area (Å²) in [4.78, 5) is 23.8. The van der Waals surface area contributed by atoms with E-state index in [-0.39, 0.29) is 5.82 Å². The van der Waals surface area contributed by atoms with Gasteiger partial charge >= 0.3 is 5.69 Å². The van der Waals surface area contributed by atoms with Crippen molar-refractivity contribution < 1.29 is 4.52 Å². The molecular formula is C7H7N5O3. The Balaban J connectivity index is 2.12. The molecule has 0 amide bonds. The number of anilines is 1. The van der Waals surface area contributed by atoms with Crippen LogP contribution in [-0.4, -0.2) is 20.3 Å². The number of nitrogens with zero attached hydrogens (tertiary/aromatic N) is 2. The van der Waals surface area contributed by atoms with Gasteiger partial charge in [0.05, 0.1) is 6.54 Å². The van der Waals surface area contributed by atoms with Crippen LogP contribution in [0.4, 0.5) is 5.82 Å². The summed E-state index contributed by atoms with van der Waals surface area (Å²) in [6.45, 7) is 0.290. The summed E-state index contributed by atoms with van der Waals surface area (Å²) in [7, 11) is 0. The van der Waals surface area contributed by atoms with Gasteiger partial charge in [0.15, 0.2) is 0 Å². The van der Waals surface area contributed by atoms with Crippen LogP contribution in [0.15, 0.2) is 26.4 Å². The Bertz CT molecular complexity index is 540. The second-order valence-electron chi connectivity index (χ2n) is 2.70. The van der Waals surface area contributed by atoms with Gasteiger partial charge in [0.2, 0.25) is 5.82 Å². The van der Waals surface area contributed by atoms with E-state index in [2.05, 4.69) is 25.2 Å². The molecule has 3 N–H and O–H groups in total. The molecule has 8 nitrogen and oxygen atoms in total. The molecule has 2 aromatic rings. The Morgan fingerprint density at radius 3 is 3.00 bits per heavy atom. The normalized spacial score (nSPS) is 10.1. The molecule has 0 aliphatic rings. The van der Waals surface area contributed by atoms with Gasteiger partial charge in [-0.2, -0.15) is 0 Å². The highest BCUT2D eigenvalue weighted by Gasteiger charge is 2.02. The summed E-state index contributed by atoms with van der Waals surface area (Å²) in [6.07, 6.45) is 1.42. The molecule has 0 radical (unpaired) electrons. The minimum Gasteiger partial charge on any atom is -0.364 e. The number of rotatable bonds is 3. The van der Waals surface area contributed by atoms with E-state index in [1.807, 2.05) is 4.98 Å². The highest BCUT2D eigenvalue weighted by atomic mass is 16.5. The maximum absolute atomic E-state index is 11.2. The molecule has 0 bridgehead atoms. The van der Waals surface area contributed by atoms with Crippen LogP contribution in [0.1, 0.15) is 5.69 Å². The Morgan fingerprint density at radius 1 is 1.47 bits per heavy atom. The maximum atomic E-state index is 11.2. The highest BCUT2D eigenvalue weighted by molar-refractivity contribution is 5.29. The molecule has 0 saturated heterocycles. The molecule has 78 valence electrons. The van der Waals surface area contributed by atoms with Gasteiger partial charge in [-0.1, -0.05) is 5.16 Å². The zero-order valence-electron chi connectivity index (χ0n) is 7.48. The van der Waals surface area contributed by atoms with E-state index in [0.29, 0.717) is 12.2 Å². The van der Waals surface area contributed by atoms with Crippen molar-refractivity contribution >= 4 is 5.82 Å². The summed E-state index contributed by atoms with van der Waals surface area (Å²) < 4.78 is 4.60. The first kappa shape index (κ1) is 9.19. The third kappa shape index (κ3) is 2.10. The van der Waals surface area contributed by atoms with Crippen LogP contribution < -0.4 is 16.6 Å². The van der Waals surface area contributed by atoms with Crippen molar-refractivity contribution in [2.24, 2.45) is 0 Å². The Hall–Kier alpha value is -2.38. The third-order valence-corrected chi connectivity index (χ3v) is 1.64. The number of aromatic nitrogens is 4. The SMILES string of the molecule is O=c1[nH]nc(NCc2ccon2)c(=O)[nH]1. The standard InChI is InChI=1S/C7H7N5O3/c13-6-5(10-11-7(14)9-6)8-3-4-1-2-15-12-4/h1-2H,3H2,(H,8,10)(H2,9,11,13,14). The average Bonchev–Trinajstić information content (AvgIpc) is 2.69. The fourth-order valence-electron chi connectivity index (χ4n) is 0.971. The van der Waals surface area contributed by atoms with E-state index in [0.717, 1.165) is 0 Å². The molecule has 0 spiro atoms. The fourth-order valence-corrected chi connectivity index (χ4v) is 0.971. The molecule has 0 unspecified atom stereocenters. The van der Waals surface area contributed by atoms with E-state index in [1.54, 1.807) is 6.07 Å². The average molecular weight is 209 g/mol. The first-order valence-electron chi connectivity index (χ1n) is 4.08. The minimum atomic E-state index is -0.646. The van der Waals surface area contributed by atoms with Crippen molar-refractivity contribution in [3.05, 3.63) is 38.9 Å². The lowest BCUT2D eigenvalue weighted by molar-refractivity contribution is 0.412. The van der Waals surface area contributed by atoms with E-state index in [9.17, 15) is 9.59 Å². The summed E-state index contributed by atoms with van der Waals surface area (Å²) >= 11 is 0. The van der Waals surface area contributed by atoms with Crippen molar-refractivity contribution in [3.63, 3.8) is 0 Å². The molecule has 0 atom stereocenters. The molecular weight excluding hydrogens is 202 g/mol. The molecule has 2 aromatic heterocycles. The van der Waals surface area contributed by atoms with Crippen LogP contribution in [0.5, 0.6) is 0 Å². The van der Waals surface area contributed by atoms with E-state index >= 15 is 0 Å². The molecule has 0 fully saturated rings. The van der Waals surface area contributed by atoms with Gasteiger partial charge in [-0.05, 0) is 0 Å². The predicted octanol–water partition coefficient (Wildman–Crippen LogP) is -0.942. The van der Waals surface area contributed by atoms with Gasteiger partial charge in [0, 0.05) is 6.07 Å². The second kappa shape index (κ2) is 3.78. The molecule has 8 heteroatoms. The van der Waals surface area contributed by atoms with E-state index < -0.39 is 11.2 Å². The summed E-state index contributed by atoms with van der Waals surface area (Å²) in [6, 6.07) is 1.65. The van der Waals surface area contributed by atoms with Crippen LogP contribution >= 0.6 is 0 Å². The fraction of sp³-hybridized carbons (Fsp3) is 0.143. The number of aromatic amines is 2. The molecule has 0 saturated carbocycles. The van der Waals surface area contributed by atoms with Gasteiger partial charge in [0.1, 0.15) is 12.0 Å². The smallest absolute Gasteiger partial charge is 0.342 e. The molecule has 0 aliphatic carbocycles. The number of hydrogen-bond donors (Lipinski definition) is 3. The van der Waals surface area contributed by atoms with Gasteiger partial charge in [-0.15, -0.1) is 5.10 Å². The van der Waals surface area contributed by atoms with Crippen molar-refractivity contribution in [1.82, 2.24) is 20.3 Å². The van der Waals surface area contributed by atoms with E-state index in [4.69, 9.17) is 0 Å². The van der Waals surface area contributed by atoms with Gasteiger partial charge in [-0.25, -0.2) is 9.89 Å². The Kier molecular flexibility index (Phi) is 2.31. The number of H-pyrrole nitrogens is 2. The molecule has 0 aromatic carbocycles. The third-order valence-electron chi connectivity index (χ3n) is 1.64. The zero-order valence-corrected chi connectivity index (χ0v) is 7.48. The van der Waals surface area contributed by atoms with Crippen molar-refractivity contribution in [3.8, 4) is 0 Å². The topological polar surface area (TPSA) is 117 Å². The van der Waals surface area contributed by atoms with Crippen LogP contribution in [-0.2, 0) is 6.54 Å². The summed E-state index contributed by atoms with van der Waals surface area (Å²) in [5.74, 6) is 0.0256. The highest BCUT2D eigenvalue weighted by Crippen LogP contribution is 1.96. The lowest BCUT2D eigenvalue weighted by Crippen LogP contribution is -2.26. The quantitative estimate of drug-likeness (QED) is 0.600. The van der Waals surface area contributed by atoms with E-state index in [1.165, 1.54) is 6.26 Å². The lowest BCUT2D eigenvalue weighted by Gasteiger charge is -1.99. The number of hydrogen-bond acceptors (Lipinski definition) is 6. The number of nitrogens with one attached hydrogen (secondary N) is 3.